The van der Waals surface area contributed by atoms with Gasteiger partial charge in [-0.25, -0.2) is 0 Å². The molecule has 0 saturated heterocycles. The molecular weight excluding hydrogens is 372 g/mol. The second kappa shape index (κ2) is 6.97. The zero-order valence-corrected chi connectivity index (χ0v) is 14.4. The third kappa shape index (κ3) is 3.38. The second-order valence-electron chi connectivity index (χ2n) is 5.46. The highest BCUT2D eigenvalue weighted by Crippen LogP contribution is 2.21. The number of fused-ring (bicyclic) bond motifs is 1. The summed E-state index contributed by atoms with van der Waals surface area (Å²) in [6, 6.07) is 14.2. The van der Waals surface area contributed by atoms with E-state index in [-0.39, 0.29) is 37.2 Å². The lowest BCUT2D eigenvalue weighted by Crippen LogP contribution is -2.38. The number of hydrogen-bond acceptors (Lipinski definition) is 3. The monoisotopic (exact) mass is 386 g/mol. The number of amides is 3. The lowest BCUT2D eigenvalue weighted by molar-refractivity contribution is -0.120. The molecule has 1 N–H and O–H groups in total. The smallest absolute Gasteiger partial charge is 0.261 e. The number of halogens is 1. The molecule has 122 valence electrons. The molecule has 3 amide bonds. The molecule has 2 aromatic rings. The van der Waals surface area contributed by atoms with Gasteiger partial charge in [0.25, 0.3) is 11.8 Å². The van der Waals surface area contributed by atoms with E-state index in [0.717, 1.165) is 10.0 Å². The lowest BCUT2D eigenvalue weighted by Gasteiger charge is -2.14. The molecule has 5 nitrogen and oxygen atoms in total. The van der Waals surface area contributed by atoms with Crippen molar-refractivity contribution in [3.05, 3.63) is 69.7 Å². The average Bonchev–Trinajstić information content (AvgIpc) is 2.80. The Morgan fingerprint density at radius 1 is 1.00 bits per heavy atom. The summed E-state index contributed by atoms with van der Waals surface area (Å²) < 4.78 is 0.916. The average molecular weight is 387 g/mol. The fourth-order valence-corrected chi connectivity index (χ4v) is 3.09. The predicted octanol–water partition coefficient (Wildman–Crippen LogP) is 2.40. The Morgan fingerprint density at radius 2 is 1.67 bits per heavy atom. The predicted molar refractivity (Wildman–Crippen MR) is 92.7 cm³/mol. The highest BCUT2D eigenvalue weighted by molar-refractivity contribution is 9.10. The van der Waals surface area contributed by atoms with E-state index in [1.54, 1.807) is 24.3 Å². The first kappa shape index (κ1) is 16.4. The molecule has 24 heavy (non-hydrogen) atoms. The molecule has 0 spiro atoms. The zero-order valence-electron chi connectivity index (χ0n) is 12.8. The van der Waals surface area contributed by atoms with Crippen LogP contribution in [0.4, 0.5) is 0 Å². The molecule has 0 aliphatic carbocycles. The van der Waals surface area contributed by atoms with Crippen molar-refractivity contribution in [3.63, 3.8) is 0 Å². The Balaban J connectivity index is 1.53. The van der Waals surface area contributed by atoms with Crippen LogP contribution >= 0.6 is 15.9 Å². The normalized spacial score (nSPS) is 13.1. The van der Waals surface area contributed by atoms with Gasteiger partial charge in [0.2, 0.25) is 5.91 Å². The Kier molecular flexibility index (Phi) is 4.76. The van der Waals surface area contributed by atoms with Crippen molar-refractivity contribution in [3.8, 4) is 0 Å². The minimum Gasteiger partial charge on any atom is -0.354 e. The molecule has 0 radical (unpaired) electrons. The lowest BCUT2D eigenvalue weighted by atomic mass is 10.1. The molecule has 0 atom stereocenters. The minimum atomic E-state index is -0.308. The maximum absolute atomic E-state index is 12.2. The van der Waals surface area contributed by atoms with Gasteiger partial charge in [-0.2, -0.15) is 0 Å². The van der Waals surface area contributed by atoms with Crippen molar-refractivity contribution >= 4 is 33.7 Å². The number of imide groups is 1. The third-order valence-electron chi connectivity index (χ3n) is 3.79. The van der Waals surface area contributed by atoms with Crippen molar-refractivity contribution in [1.82, 2.24) is 10.2 Å². The molecule has 6 heteroatoms. The molecule has 0 aromatic heterocycles. The Hall–Kier alpha value is -2.47. The van der Waals surface area contributed by atoms with Crippen LogP contribution in [0.25, 0.3) is 0 Å². The quantitative estimate of drug-likeness (QED) is 0.802. The van der Waals surface area contributed by atoms with Crippen LogP contribution in [0, 0.1) is 0 Å². The molecule has 1 heterocycles. The van der Waals surface area contributed by atoms with Gasteiger partial charge in [0, 0.05) is 17.6 Å². The van der Waals surface area contributed by atoms with Crippen LogP contribution in [0.3, 0.4) is 0 Å². The van der Waals surface area contributed by atoms with Crippen molar-refractivity contribution in [2.24, 2.45) is 0 Å². The topological polar surface area (TPSA) is 66.5 Å². The van der Waals surface area contributed by atoms with Gasteiger partial charge < -0.3 is 5.32 Å². The largest absolute Gasteiger partial charge is 0.354 e. The van der Waals surface area contributed by atoms with Gasteiger partial charge in [0.1, 0.15) is 0 Å². The highest BCUT2D eigenvalue weighted by Gasteiger charge is 2.34. The fraction of sp³-hybridized carbons (Fsp3) is 0.167. The summed E-state index contributed by atoms with van der Waals surface area (Å²) in [6.07, 6.45) is 0.252. The van der Waals surface area contributed by atoms with Crippen LogP contribution < -0.4 is 5.32 Å². The molecule has 0 bridgehead atoms. The van der Waals surface area contributed by atoms with Crippen LogP contribution in [-0.4, -0.2) is 35.7 Å². The maximum Gasteiger partial charge on any atom is 0.261 e. The second-order valence-corrected chi connectivity index (χ2v) is 6.38. The Bertz CT molecular complexity index is 784. The SMILES string of the molecule is O=C(Cc1cccc(Br)c1)NCCN1C(=O)c2ccccc2C1=O. The molecular formula is C18H15BrN2O3. The third-order valence-corrected chi connectivity index (χ3v) is 4.28. The summed E-state index contributed by atoms with van der Waals surface area (Å²) in [5.74, 6) is -0.765. The minimum absolute atomic E-state index is 0.148. The van der Waals surface area contributed by atoms with Gasteiger partial charge in [0.05, 0.1) is 17.5 Å². The molecule has 0 saturated carbocycles. The van der Waals surface area contributed by atoms with Gasteiger partial charge in [-0.15, -0.1) is 0 Å². The van der Waals surface area contributed by atoms with Crippen LogP contribution in [-0.2, 0) is 11.2 Å². The fourth-order valence-electron chi connectivity index (χ4n) is 2.64. The number of nitrogens with zero attached hydrogens (tertiary/aromatic N) is 1. The van der Waals surface area contributed by atoms with Gasteiger partial charge in [-0.05, 0) is 29.8 Å². The van der Waals surface area contributed by atoms with Crippen LogP contribution in [0.15, 0.2) is 53.0 Å². The Morgan fingerprint density at radius 3 is 2.29 bits per heavy atom. The standard InChI is InChI=1S/C18H15BrN2O3/c19-13-5-3-4-12(10-13)11-16(22)20-8-9-21-17(23)14-6-1-2-7-15(14)18(21)24/h1-7,10H,8-9,11H2,(H,20,22). The number of nitrogens with one attached hydrogen (secondary N) is 1. The van der Waals surface area contributed by atoms with E-state index in [0.29, 0.717) is 11.1 Å². The summed E-state index contributed by atoms with van der Waals surface area (Å²) in [6.45, 7) is 0.398. The number of carbonyl (C=O) groups is 3. The molecule has 0 unspecified atom stereocenters. The van der Waals surface area contributed by atoms with Crippen molar-refractivity contribution in [1.29, 1.82) is 0 Å². The van der Waals surface area contributed by atoms with E-state index < -0.39 is 0 Å². The maximum atomic E-state index is 12.2. The summed E-state index contributed by atoms with van der Waals surface area (Å²) in [5.41, 5.74) is 1.73. The molecule has 3 rings (SSSR count). The van der Waals surface area contributed by atoms with E-state index >= 15 is 0 Å². The molecule has 1 aliphatic rings. The van der Waals surface area contributed by atoms with Crippen molar-refractivity contribution in [2.45, 2.75) is 6.42 Å². The first-order chi connectivity index (χ1) is 11.6. The van der Waals surface area contributed by atoms with Gasteiger partial charge in [0.15, 0.2) is 0 Å². The molecule has 2 aromatic carbocycles. The Labute approximate surface area is 147 Å². The first-order valence-electron chi connectivity index (χ1n) is 7.52. The van der Waals surface area contributed by atoms with Crippen LogP contribution in [0.1, 0.15) is 26.3 Å². The summed E-state index contributed by atoms with van der Waals surface area (Å²) >= 11 is 3.36. The zero-order chi connectivity index (χ0) is 17.1. The first-order valence-corrected chi connectivity index (χ1v) is 8.32. The van der Waals surface area contributed by atoms with Gasteiger partial charge in [-0.3, -0.25) is 19.3 Å². The van der Waals surface area contributed by atoms with E-state index in [2.05, 4.69) is 21.2 Å². The van der Waals surface area contributed by atoms with E-state index in [4.69, 9.17) is 0 Å². The summed E-state index contributed by atoms with van der Waals surface area (Å²) in [4.78, 5) is 37.5. The number of benzene rings is 2. The van der Waals surface area contributed by atoms with Crippen molar-refractivity contribution < 1.29 is 14.4 Å². The molecule has 0 fully saturated rings. The van der Waals surface area contributed by atoms with Crippen molar-refractivity contribution in [2.75, 3.05) is 13.1 Å². The highest BCUT2D eigenvalue weighted by atomic mass is 79.9. The van der Waals surface area contributed by atoms with E-state index in [9.17, 15) is 14.4 Å². The van der Waals surface area contributed by atoms with Crippen LogP contribution in [0.2, 0.25) is 0 Å². The summed E-state index contributed by atoms with van der Waals surface area (Å²) in [5, 5.41) is 2.75. The number of carbonyl (C=O) groups excluding carboxylic acids is 3. The number of rotatable bonds is 5. The number of hydrogen-bond donors (Lipinski definition) is 1. The molecule has 1 aliphatic heterocycles. The van der Waals surface area contributed by atoms with Gasteiger partial charge in [-0.1, -0.05) is 40.2 Å². The van der Waals surface area contributed by atoms with Gasteiger partial charge >= 0.3 is 0 Å². The van der Waals surface area contributed by atoms with E-state index in [1.165, 1.54) is 4.90 Å². The van der Waals surface area contributed by atoms with E-state index in [1.807, 2.05) is 24.3 Å². The summed E-state index contributed by atoms with van der Waals surface area (Å²) in [7, 11) is 0. The van der Waals surface area contributed by atoms with Crippen LogP contribution in [0.5, 0.6) is 0 Å².